The minimum absolute atomic E-state index is 0.144. The number of rotatable bonds is 2. The highest BCUT2D eigenvalue weighted by Crippen LogP contribution is 2.33. The van der Waals surface area contributed by atoms with Crippen molar-refractivity contribution < 1.29 is 4.39 Å². The van der Waals surface area contributed by atoms with Gasteiger partial charge in [-0.3, -0.25) is 0 Å². The van der Waals surface area contributed by atoms with Gasteiger partial charge in [0.1, 0.15) is 5.82 Å². The number of fused-ring (bicyclic) bond motifs is 1. The molecule has 0 saturated heterocycles. The van der Waals surface area contributed by atoms with Crippen LogP contribution in [0.5, 0.6) is 0 Å². The summed E-state index contributed by atoms with van der Waals surface area (Å²) in [7, 11) is 0. The van der Waals surface area contributed by atoms with Gasteiger partial charge in [-0.2, -0.15) is 0 Å². The third kappa shape index (κ3) is 2.23. The molecule has 0 bridgehead atoms. The normalized spacial score (nSPS) is 17.9. The maximum absolute atomic E-state index is 13.2. The van der Waals surface area contributed by atoms with Gasteiger partial charge >= 0.3 is 0 Å². The average Bonchev–Trinajstić information content (AvgIpc) is 2.39. The number of nitrogens with one attached hydrogen (secondary N) is 1. The van der Waals surface area contributed by atoms with Crippen molar-refractivity contribution in [1.82, 2.24) is 0 Å². The van der Waals surface area contributed by atoms with E-state index >= 15 is 0 Å². The molecule has 2 aromatic rings. The molecule has 0 aliphatic carbocycles. The Labute approximate surface area is 107 Å². The van der Waals surface area contributed by atoms with Gasteiger partial charge in [-0.15, -0.1) is 0 Å². The van der Waals surface area contributed by atoms with E-state index in [2.05, 4.69) is 29.6 Å². The van der Waals surface area contributed by atoms with Gasteiger partial charge in [0.2, 0.25) is 0 Å². The Morgan fingerprint density at radius 1 is 1.11 bits per heavy atom. The summed E-state index contributed by atoms with van der Waals surface area (Å²) in [5, 5.41) is 3.42. The maximum atomic E-state index is 13.2. The lowest BCUT2D eigenvalue weighted by Gasteiger charge is -2.26. The molecule has 0 radical (unpaired) electrons. The molecule has 18 heavy (non-hydrogen) atoms. The van der Waals surface area contributed by atoms with E-state index in [1.807, 2.05) is 6.07 Å². The van der Waals surface area contributed by atoms with Crippen LogP contribution in [-0.2, 0) is 6.42 Å². The number of hydrogen-bond donors (Lipinski definition) is 1. The highest BCUT2D eigenvalue weighted by molar-refractivity contribution is 5.55. The van der Waals surface area contributed by atoms with Crippen molar-refractivity contribution in [2.45, 2.75) is 18.8 Å². The molecular weight excluding hydrogens is 225 g/mol. The highest BCUT2D eigenvalue weighted by atomic mass is 19.1. The fraction of sp³-hybridized carbons (Fsp3) is 0.250. The van der Waals surface area contributed by atoms with Crippen LogP contribution in [0.15, 0.2) is 48.5 Å². The monoisotopic (exact) mass is 241 g/mol. The summed E-state index contributed by atoms with van der Waals surface area (Å²) in [6.07, 6.45) is 2.02. The number of halogens is 1. The van der Waals surface area contributed by atoms with E-state index in [9.17, 15) is 4.39 Å². The molecule has 1 unspecified atom stereocenters. The van der Waals surface area contributed by atoms with Gasteiger partial charge in [-0.05, 0) is 48.1 Å². The molecule has 1 atom stereocenters. The number of para-hydroxylation sites is 1. The van der Waals surface area contributed by atoms with E-state index in [1.165, 1.54) is 17.3 Å². The van der Waals surface area contributed by atoms with Crippen molar-refractivity contribution in [2.75, 3.05) is 11.9 Å². The van der Waals surface area contributed by atoms with Crippen LogP contribution in [-0.4, -0.2) is 6.54 Å². The topological polar surface area (TPSA) is 12.0 Å². The van der Waals surface area contributed by atoms with Crippen LogP contribution in [0.3, 0.4) is 0 Å². The molecule has 1 N–H and O–H groups in total. The van der Waals surface area contributed by atoms with Crippen LogP contribution in [0.2, 0.25) is 0 Å². The van der Waals surface area contributed by atoms with Gasteiger partial charge in [0.25, 0.3) is 0 Å². The van der Waals surface area contributed by atoms with Crippen LogP contribution in [0, 0.1) is 5.82 Å². The van der Waals surface area contributed by atoms with Crippen molar-refractivity contribution in [3.63, 3.8) is 0 Å². The molecule has 1 heterocycles. The molecule has 1 aliphatic rings. The molecule has 0 spiro atoms. The van der Waals surface area contributed by atoms with Gasteiger partial charge in [0.05, 0.1) is 0 Å². The lowest BCUT2D eigenvalue weighted by Crippen LogP contribution is -2.18. The van der Waals surface area contributed by atoms with Crippen molar-refractivity contribution >= 4 is 5.69 Å². The molecule has 0 saturated carbocycles. The Morgan fingerprint density at radius 3 is 2.89 bits per heavy atom. The molecule has 92 valence electrons. The Kier molecular flexibility index (Phi) is 3.01. The second kappa shape index (κ2) is 4.81. The van der Waals surface area contributed by atoms with Crippen molar-refractivity contribution in [3.05, 3.63) is 65.5 Å². The third-order valence-corrected chi connectivity index (χ3v) is 3.58. The first-order valence-electron chi connectivity index (χ1n) is 6.40. The van der Waals surface area contributed by atoms with E-state index in [4.69, 9.17) is 0 Å². The van der Waals surface area contributed by atoms with Gasteiger partial charge in [0, 0.05) is 12.2 Å². The van der Waals surface area contributed by atoms with Gasteiger partial charge in [-0.25, -0.2) is 4.39 Å². The third-order valence-electron chi connectivity index (χ3n) is 3.58. The summed E-state index contributed by atoms with van der Waals surface area (Å²) >= 11 is 0. The fourth-order valence-electron chi connectivity index (χ4n) is 2.71. The Bertz CT molecular complexity index is 550. The Morgan fingerprint density at radius 2 is 2.00 bits per heavy atom. The summed E-state index contributed by atoms with van der Waals surface area (Å²) in [6.45, 7) is 0.997. The minimum atomic E-state index is -0.144. The van der Waals surface area contributed by atoms with Crippen LogP contribution >= 0.6 is 0 Å². The first-order valence-corrected chi connectivity index (χ1v) is 6.40. The highest BCUT2D eigenvalue weighted by Gasteiger charge is 2.19. The zero-order valence-corrected chi connectivity index (χ0v) is 10.2. The molecule has 3 rings (SSSR count). The molecule has 1 aliphatic heterocycles. The summed E-state index contributed by atoms with van der Waals surface area (Å²) in [5.74, 6) is 0.346. The molecule has 0 amide bonds. The van der Waals surface area contributed by atoms with Crippen LogP contribution < -0.4 is 5.32 Å². The summed E-state index contributed by atoms with van der Waals surface area (Å²) < 4.78 is 13.2. The smallest absolute Gasteiger partial charge is 0.123 e. The van der Waals surface area contributed by atoms with Crippen LogP contribution in [0.4, 0.5) is 10.1 Å². The summed E-state index contributed by atoms with van der Waals surface area (Å²) in [5.41, 5.74) is 3.66. The van der Waals surface area contributed by atoms with Crippen molar-refractivity contribution in [3.8, 4) is 0 Å². The average molecular weight is 241 g/mol. The predicted molar refractivity (Wildman–Crippen MR) is 72.4 cm³/mol. The van der Waals surface area contributed by atoms with Crippen LogP contribution in [0.25, 0.3) is 0 Å². The molecule has 0 aromatic heterocycles. The molecule has 1 nitrogen and oxygen atoms in total. The first kappa shape index (κ1) is 11.3. The zero-order chi connectivity index (χ0) is 12.4. The second-order valence-corrected chi connectivity index (χ2v) is 4.83. The standard InChI is InChI=1S/C16H16FN/c17-14-5-3-4-12(11-14)10-13-8-9-18-16-7-2-1-6-15(13)16/h1-7,11,13,18H,8-10H2. The van der Waals surface area contributed by atoms with Crippen LogP contribution in [0.1, 0.15) is 23.5 Å². The molecule has 0 fully saturated rings. The maximum Gasteiger partial charge on any atom is 0.123 e. The van der Waals surface area contributed by atoms with E-state index in [0.29, 0.717) is 5.92 Å². The molecule has 2 heteroatoms. The quantitative estimate of drug-likeness (QED) is 0.839. The lowest BCUT2D eigenvalue weighted by atomic mass is 9.86. The van der Waals surface area contributed by atoms with Gasteiger partial charge in [0.15, 0.2) is 0 Å². The van der Waals surface area contributed by atoms with E-state index in [1.54, 1.807) is 12.1 Å². The minimum Gasteiger partial charge on any atom is -0.385 e. The summed E-state index contributed by atoms with van der Waals surface area (Å²) in [6, 6.07) is 15.4. The Balaban J connectivity index is 1.86. The second-order valence-electron chi connectivity index (χ2n) is 4.83. The zero-order valence-electron chi connectivity index (χ0n) is 10.2. The van der Waals surface area contributed by atoms with Gasteiger partial charge in [-0.1, -0.05) is 30.3 Å². The fourth-order valence-corrected chi connectivity index (χ4v) is 2.71. The van der Waals surface area contributed by atoms with E-state index < -0.39 is 0 Å². The molecular formula is C16H16FN. The van der Waals surface area contributed by atoms with Crippen molar-refractivity contribution in [1.29, 1.82) is 0 Å². The first-order chi connectivity index (χ1) is 8.83. The predicted octanol–water partition coefficient (Wildman–Crippen LogP) is 3.97. The number of anilines is 1. The van der Waals surface area contributed by atoms with Crippen molar-refractivity contribution in [2.24, 2.45) is 0 Å². The lowest BCUT2D eigenvalue weighted by molar-refractivity contribution is 0.606. The number of benzene rings is 2. The number of hydrogen-bond acceptors (Lipinski definition) is 1. The summed E-state index contributed by atoms with van der Waals surface area (Å²) in [4.78, 5) is 0. The SMILES string of the molecule is Fc1cccc(CC2CCNc3ccccc32)c1. The largest absolute Gasteiger partial charge is 0.385 e. The van der Waals surface area contributed by atoms with E-state index in [-0.39, 0.29) is 5.82 Å². The van der Waals surface area contributed by atoms with E-state index in [0.717, 1.165) is 24.9 Å². The molecule has 2 aromatic carbocycles. The Hall–Kier alpha value is -1.83. The van der Waals surface area contributed by atoms with Gasteiger partial charge < -0.3 is 5.32 Å².